The number of carboxylic acids is 1. The fraction of sp³-hybridized carbons (Fsp3) is 0.238. The summed E-state index contributed by atoms with van der Waals surface area (Å²) in [6.45, 7) is 1.18. The van der Waals surface area contributed by atoms with Crippen molar-refractivity contribution >= 4 is 16.7 Å². The standard InChI is InChI=1S/C21H20N2O3/c24-20-17-9-5-4-8-16(17)19(21(25)26)18(13-22-12-14-10-11-14)23(20)15-6-2-1-3-7-15/h1-9,14,22H,10-13H2,(H,25,26). The number of para-hydroxylation sites is 1. The summed E-state index contributed by atoms with van der Waals surface area (Å²) in [5.74, 6) is -0.352. The molecule has 0 saturated heterocycles. The molecule has 132 valence electrons. The van der Waals surface area contributed by atoms with Crippen molar-refractivity contribution in [3.8, 4) is 5.69 Å². The Balaban J connectivity index is 1.97. The molecule has 0 atom stereocenters. The van der Waals surface area contributed by atoms with Crippen molar-refractivity contribution < 1.29 is 9.90 Å². The third kappa shape index (κ3) is 3.02. The molecule has 1 saturated carbocycles. The van der Waals surface area contributed by atoms with Gasteiger partial charge in [0.05, 0.1) is 11.3 Å². The first-order valence-electron chi connectivity index (χ1n) is 8.83. The third-order valence-corrected chi connectivity index (χ3v) is 4.84. The van der Waals surface area contributed by atoms with Gasteiger partial charge >= 0.3 is 5.97 Å². The average molecular weight is 348 g/mol. The summed E-state index contributed by atoms with van der Waals surface area (Å²) in [4.78, 5) is 25.3. The molecule has 1 heterocycles. The predicted octanol–water partition coefficient (Wildman–Crippen LogP) is 3.19. The van der Waals surface area contributed by atoms with Crippen molar-refractivity contribution in [2.45, 2.75) is 19.4 Å². The average Bonchev–Trinajstić information content (AvgIpc) is 3.47. The lowest BCUT2D eigenvalue weighted by Crippen LogP contribution is -2.29. The van der Waals surface area contributed by atoms with E-state index in [1.54, 1.807) is 24.3 Å². The molecule has 0 spiro atoms. The van der Waals surface area contributed by atoms with E-state index in [-0.39, 0.29) is 11.1 Å². The van der Waals surface area contributed by atoms with Gasteiger partial charge < -0.3 is 10.4 Å². The summed E-state index contributed by atoms with van der Waals surface area (Å²) < 4.78 is 1.53. The number of aromatic carboxylic acids is 1. The van der Waals surface area contributed by atoms with Crippen LogP contribution in [0, 0.1) is 5.92 Å². The molecule has 3 aromatic rings. The maximum atomic E-state index is 13.2. The van der Waals surface area contributed by atoms with Crippen LogP contribution < -0.4 is 10.9 Å². The number of hydrogen-bond donors (Lipinski definition) is 2. The number of nitrogens with one attached hydrogen (secondary N) is 1. The highest BCUT2D eigenvalue weighted by atomic mass is 16.4. The van der Waals surface area contributed by atoms with Gasteiger partial charge in [0.1, 0.15) is 0 Å². The smallest absolute Gasteiger partial charge is 0.338 e. The Morgan fingerprint density at radius 3 is 2.35 bits per heavy atom. The van der Waals surface area contributed by atoms with Gasteiger partial charge in [0, 0.05) is 23.0 Å². The lowest BCUT2D eigenvalue weighted by molar-refractivity contribution is 0.0697. The van der Waals surface area contributed by atoms with Crippen LogP contribution in [0.1, 0.15) is 28.9 Å². The van der Waals surface area contributed by atoms with E-state index in [2.05, 4.69) is 5.32 Å². The Morgan fingerprint density at radius 2 is 1.69 bits per heavy atom. The SMILES string of the molecule is O=C(O)c1c(CNCC2CC2)n(-c2ccccc2)c(=O)c2ccccc12. The van der Waals surface area contributed by atoms with Crippen LogP contribution in [0.5, 0.6) is 0 Å². The Morgan fingerprint density at radius 1 is 1.04 bits per heavy atom. The van der Waals surface area contributed by atoms with Crippen LogP contribution >= 0.6 is 0 Å². The van der Waals surface area contributed by atoms with Crippen molar-refractivity contribution in [2.24, 2.45) is 5.92 Å². The predicted molar refractivity (Wildman–Crippen MR) is 101 cm³/mol. The largest absolute Gasteiger partial charge is 0.478 e. The molecule has 4 rings (SSSR count). The molecule has 1 aromatic heterocycles. The number of carboxylic acid groups (broad SMARTS) is 1. The fourth-order valence-corrected chi connectivity index (χ4v) is 3.37. The molecule has 5 nitrogen and oxygen atoms in total. The highest BCUT2D eigenvalue weighted by molar-refractivity contribution is 6.04. The number of rotatable bonds is 6. The molecule has 26 heavy (non-hydrogen) atoms. The number of fused-ring (bicyclic) bond motifs is 1. The van der Waals surface area contributed by atoms with Crippen LogP contribution in [0.15, 0.2) is 59.4 Å². The Bertz CT molecular complexity index is 1020. The molecule has 1 fully saturated rings. The van der Waals surface area contributed by atoms with Crippen LogP contribution in [0.4, 0.5) is 0 Å². The second kappa shape index (κ2) is 6.77. The van der Waals surface area contributed by atoms with Crippen LogP contribution in [-0.2, 0) is 6.54 Å². The zero-order valence-corrected chi connectivity index (χ0v) is 14.3. The van der Waals surface area contributed by atoms with Gasteiger partial charge in [-0.15, -0.1) is 0 Å². The molecule has 1 aliphatic rings. The van der Waals surface area contributed by atoms with Gasteiger partial charge in [-0.3, -0.25) is 9.36 Å². The molecule has 5 heteroatoms. The quantitative estimate of drug-likeness (QED) is 0.718. The van der Waals surface area contributed by atoms with E-state index >= 15 is 0 Å². The Kier molecular flexibility index (Phi) is 4.31. The molecular formula is C21H20N2O3. The van der Waals surface area contributed by atoms with Gasteiger partial charge in [0.2, 0.25) is 0 Å². The molecule has 2 aromatic carbocycles. The lowest BCUT2D eigenvalue weighted by Gasteiger charge is -2.18. The van der Waals surface area contributed by atoms with Gasteiger partial charge in [-0.05, 0) is 43.5 Å². The van der Waals surface area contributed by atoms with Gasteiger partial charge in [-0.2, -0.15) is 0 Å². The van der Waals surface area contributed by atoms with Crippen LogP contribution in [-0.4, -0.2) is 22.2 Å². The van der Waals surface area contributed by atoms with Crippen LogP contribution in [0.3, 0.4) is 0 Å². The summed E-state index contributed by atoms with van der Waals surface area (Å²) in [5.41, 5.74) is 1.16. The highest BCUT2D eigenvalue weighted by Gasteiger charge is 2.24. The van der Waals surface area contributed by atoms with Crippen molar-refractivity contribution in [2.75, 3.05) is 6.54 Å². The van der Waals surface area contributed by atoms with E-state index in [1.165, 1.54) is 17.4 Å². The number of nitrogens with zero attached hydrogens (tertiary/aromatic N) is 1. The first-order chi connectivity index (χ1) is 12.7. The maximum absolute atomic E-state index is 13.2. The van der Waals surface area contributed by atoms with Crippen molar-refractivity contribution in [1.82, 2.24) is 9.88 Å². The van der Waals surface area contributed by atoms with Crippen molar-refractivity contribution in [3.05, 3.63) is 76.2 Å². The first-order valence-corrected chi connectivity index (χ1v) is 8.83. The molecule has 0 bridgehead atoms. The second-order valence-electron chi connectivity index (χ2n) is 6.72. The number of carbonyl (C=O) groups is 1. The molecule has 0 radical (unpaired) electrons. The van der Waals surface area contributed by atoms with Gasteiger partial charge in [0.25, 0.3) is 5.56 Å². The maximum Gasteiger partial charge on any atom is 0.338 e. The zero-order valence-electron chi connectivity index (χ0n) is 14.3. The summed E-state index contributed by atoms with van der Waals surface area (Å²) in [5, 5.41) is 14.1. The Hall–Kier alpha value is -2.92. The highest BCUT2D eigenvalue weighted by Crippen LogP contribution is 2.28. The third-order valence-electron chi connectivity index (χ3n) is 4.84. The lowest BCUT2D eigenvalue weighted by atomic mass is 10.0. The van der Waals surface area contributed by atoms with E-state index in [0.29, 0.717) is 34.6 Å². The number of aromatic nitrogens is 1. The monoisotopic (exact) mass is 348 g/mol. The summed E-state index contributed by atoms with van der Waals surface area (Å²) >= 11 is 0. The minimum absolute atomic E-state index is 0.187. The van der Waals surface area contributed by atoms with Gasteiger partial charge in [-0.1, -0.05) is 36.4 Å². The second-order valence-corrected chi connectivity index (χ2v) is 6.72. The summed E-state index contributed by atoms with van der Waals surface area (Å²) in [7, 11) is 0. The fourth-order valence-electron chi connectivity index (χ4n) is 3.37. The number of hydrogen-bond acceptors (Lipinski definition) is 3. The topological polar surface area (TPSA) is 71.3 Å². The first kappa shape index (κ1) is 16.5. The molecular weight excluding hydrogens is 328 g/mol. The van der Waals surface area contributed by atoms with Crippen molar-refractivity contribution in [1.29, 1.82) is 0 Å². The van der Waals surface area contributed by atoms with Crippen LogP contribution in [0.2, 0.25) is 0 Å². The van der Waals surface area contributed by atoms with E-state index < -0.39 is 5.97 Å². The van der Waals surface area contributed by atoms with Crippen molar-refractivity contribution in [3.63, 3.8) is 0 Å². The number of benzene rings is 2. The summed E-state index contributed by atoms with van der Waals surface area (Å²) in [6.07, 6.45) is 2.42. The van der Waals surface area contributed by atoms with E-state index in [9.17, 15) is 14.7 Å². The molecule has 2 N–H and O–H groups in total. The van der Waals surface area contributed by atoms with E-state index in [4.69, 9.17) is 0 Å². The Labute approximate surface area is 150 Å². The van der Waals surface area contributed by atoms with E-state index in [1.807, 2.05) is 30.3 Å². The number of pyridine rings is 1. The van der Waals surface area contributed by atoms with E-state index in [0.717, 1.165) is 6.54 Å². The minimum Gasteiger partial charge on any atom is -0.478 e. The van der Waals surface area contributed by atoms with Crippen LogP contribution in [0.25, 0.3) is 16.5 Å². The normalized spacial score (nSPS) is 13.8. The van der Waals surface area contributed by atoms with Gasteiger partial charge in [0.15, 0.2) is 0 Å². The molecule has 0 unspecified atom stereocenters. The molecule has 1 aliphatic carbocycles. The van der Waals surface area contributed by atoms with Gasteiger partial charge in [-0.25, -0.2) is 4.79 Å². The summed E-state index contributed by atoms with van der Waals surface area (Å²) in [6, 6.07) is 16.1. The zero-order chi connectivity index (χ0) is 18.1. The molecule has 0 amide bonds. The molecule has 0 aliphatic heterocycles. The minimum atomic E-state index is -1.02.